The first-order chi connectivity index (χ1) is 59.8. The summed E-state index contributed by atoms with van der Waals surface area (Å²) in [5, 5.41) is 39.7. The normalized spacial score (nSPS) is 13.9. The van der Waals surface area contributed by atoms with Crippen LogP contribution in [0.4, 0.5) is 16.2 Å². The number of urea groups is 1. The third kappa shape index (κ3) is 37.4. The van der Waals surface area contributed by atoms with Crippen molar-refractivity contribution in [3.8, 4) is 22.5 Å². The number of carbonyl (C=O) groups is 10. The number of hydrogen-bond donors (Lipinski definition) is 10. The van der Waals surface area contributed by atoms with Crippen LogP contribution < -0.4 is 53.2 Å². The number of aryl methyl sites for hydroxylation is 1. The lowest BCUT2D eigenvalue weighted by molar-refractivity contribution is -0.148. The zero-order valence-electron chi connectivity index (χ0n) is 72.1. The molecule has 2 aliphatic rings. The van der Waals surface area contributed by atoms with Crippen LogP contribution in [0.3, 0.4) is 0 Å². The lowest BCUT2D eigenvalue weighted by atomic mass is 9.95. The number of ether oxygens (including phenoxy) is 10. The molecule has 124 heavy (non-hydrogen) atoms. The largest absolute Gasteiger partial charge is 0.461 e. The Hall–Kier alpha value is -10.0. The molecule has 10 amide bonds. The third-order valence-electron chi connectivity index (χ3n) is 19.7. The van der Waals surface area contributed by atoms with Gasteiger partial charge in [-0.15, -0.1) is 10.2 Å². The van der Waals surface area contributed by atoms with Crippen LogP contribution in [0.5, 0.6) is 0 Å². The van der Waals surface area contributed by atoms with Gasteiger partial charge in [-0.25, -0.2) is 14.2 Å². The Labute approximate surface area is 724 Å². The van der Waals surface area contributed by atoms with E-state index < -0.39 is 81.6 Å². The molecular formula is C84H126N16O23S. The lowest BCUT2D eigenvalue weighted by Crippen LogP contribution is -2.57. The van der Waals surface area contributed by atoms with E-state index in [9.17, 15) is 56.4 Å². The van der Waals surface area contributed by atoms with Gasteiger partial charge < -0.3 is 101 Å². The standard InChI is InChI=1S/C84H126N16O23S/c1-58(2)76(82(108)92-68(22-16-34-89-84(85)110)80(106)90-63-27-25-61(26-28-63)56-123-83(109)59(3)4)93-81(107)67(21-14-15-33-86-74(104)57-122-70-24-9-7-8-20-66-79(70)99(96-94-66)37-41-117-45-49-121-53-51-118-46-42-114-38-31-72(102)88-36-54-124(111,112)113)91-73(103)32-39-115-43-47-119-50-52-120-48-44-116-40-35-87-71(101)29-30-75(105)98-55-62-17-10-11-18-64(62)77-78(100(60(5)6)97-95-77)65-19-12-13-23-69(65)98/h10-13,17-19,23,25-28,58-60,67-68,70,76H,7-9,14-16,20-22,24,29-57H2,1-6H3,(H,86,104)(H,87,101)(H,88,102)(H,90,106)(H,91,103)(H,92,108)(H,93,107)(H3,85,89,110)(H,111,112,113)/t67-,68+,70?,76+/m1/s1. The minimum absolute atomic E-state index is 0.00977. The van der Waals surface area contributed by atoms with Crippen molar-refractivity contribution in [2.75, 3.05) is 154 Å². The number of anilines is 2. The Morgan fingerprint density at radius 2 is 1.13 bits per heavy atom. The minimum atomic E-state index is -4.16. The van der Waals surface area contributed by atoms with E-state index in [1.165, 1.54) is 0 Å². The first-order valence-electron chi connectivity index (χ1n) is 42.6. The molecule has 39 nitrogen and oxygen atoms in total. The summed E-state index contributed by atoms with van der Waals surface area (Å²) >= 11 is 0. The molecular weight excluding hydrogens is 1630 g/mol. The molecule has 0 bridgehead atoms. The molecule has 11 N–H and O–H groups in total. The van der Waals surface area contributed by atoms with Crippen molar-refractivity contribution in [3.63, 3.8) is 0 Å². The molecule has 1 unspecified atom stereocenters. The highest BCUT2D eigenvalue weighted by atomic mass is 32.2. The number of para-hydroxylation sites is 1. The molecule has 1 aliphatic heterocycles. The van der Waals surface area contributed by atoms with E-state index in [1.54, 1.807) is 61.5 Å². The zero-order valence-corrected chi connectivity index (χ0v) is 72.9. The van der Waals surface area contributed by atoms with Gasteiger partial charge in [-0.3, -0.25) is 47.7 Å². The number of nitrogens with zero attached hydrogens (tertiary/aromatic N) is 7. The molecule has 40 heteroatoms. The maximum Gasteiger partial charge on any atom is 0.312 e. The molecule has 0 fully saturated rings. The van der Waals surface area contributed by atoms with Crippen molar-refractivity contribution >= 4 is 80.8 Å². The summed E-state index contributed by atoms with van der Waals surface area (Å²) in [5.74, 6) is -5.54. The zero-order chi connectivity index (χ0) is 89.4. The number of nitrogens with two attached hydrogens (primary N) is 1. The highest BCUT2D eigenvalue weighted by molar-refractivity contribution is 7.85. The third-order valence-corrected chi connectivity index (χ3v) is 20.5. The number of benzene rings is 3. The number of hydrogen-bond acceptors (Lipinski definition) is 26. The van der Waals surface area contributed by atoms with Crippen molar-refractivity contribution in [1.82, 2.24) is 67.2 Å². The van der Waals surface area contributed by atoms with Crippen molar-refractivity contribution in [1.29, 1.82) is 0 Å². The molecule has 3 heterocycles. The summed E-state index contributed by atoms with van der Waals surface area (Å²) in [6, 6.07) is 17.8. The number of esters is 1. The van der Waals surface area contributed by atoms with E-state index in [4.69, 9.17) is 57.7 Å². The van der Waals surface area contributed by atoms with E-state index in [2.05, 4.69) is 63.2 Å². The summed E-state index contributed by atoms with van der Waals surface area (Å²) in [6.45, 7) is 15.4. The first kappa shape index (κ1) is 101. The van der Waals surface area contributed by atoms with Gasteiger partial charge in [-0.2, -0.15) is 8.42 Å². The number of rotatable bonds is 60. The number of carbonyl (C=O) groups excluding carboxylic acids is 10. The molecule has 3 aromatic carbocycles. The molecule has 0 radical (unpaired) electrons. The van der Waals surface area contributed by atoms with Crippen LogP contribution in [-0.2, 0) is 127 Å². The summed E-state index contributed by atoms with van der Waals surface area (Å²) in [7, 11) is -4.16. The Balaban J connectivity index is 0.821. The van der Waals surface area contributed by atoms with E-state index >= 15 is 0 Å². The number of aromatic nitrogens is 6. The number of fused-ring (bicyclic) bond motifs is 6. The van der Waals surface area contributed by atoms with Gasteiger partial charge in [0, 0.05) is 74.7 Å². The van der Waals surface area contributed by atoms with E-state index in [0.717, 1.165) is 58.7 Å². The van der Waals surface area contributed by atoms with E-state index in [1.807, 2.05) is 67.1 Å². The van der Waals surface area contributed by atoms with Gasteiger partial charge in [0.2, 0.25) is 47.3 Å². The molecule has 4 atom stereocenters. The number of nitrogens with one attached hydrogen (secondary N) is 8. The molecule has 2 aromatic heterocycles. The Morgan fingerprint density at radius 1 is 0.548 bits per heavy atom. The predicted molar refractivity (Wildman–Crippen MR) is 455 cm³/mol. The second-order valence-electron chi connectivity index (χ2n) is 30.5. The molecule has 0 saturated heterocycles. The average Bonchev–Trinajstić information content (AvgIpc) is 1.53. The quantitative estimate of drug-likeness (QED) is 0.0145. The smallest absolute Gasteiger partial charge is 0.312 e. The van der Waals surface area contributed by atoms with Crippen molar-refractivity contribution < 1.29 is 108 Å². The second-order valence-corrected chi connectivity index (χ2v) is 32.1. The Kier molecular flexibility index (Phi) is 45.7. The van der Waals surface area contributed by atoms with E-state index in [0.29, 0.717) is 88.7 Å². The van der Waals surface area contributed by atoms with Crippen molar-refractivity contribution in [3.05, 3.63) is 95.3 Å². The van der Waals surface area contributed by atoms with Crippen LogP contribution in [0.15, 0.2) is 72.8 Å². The summed E-state index contributed by atoms with van der Waals surface area (Å²) < 4.78 is 90.6. The maximum atomic E-state index is 14.4. The Bertz CT molecular complexity index is 4260. The van der Waals surface area contributed by atoms with Crippen LogP contribution in [0.25, 0.3) is 22.5 Å². The predicted octanol–water partition coefficient (Wildman–Crippen LogP) is 4.50. The topological polar surface area (TPSA) is 504 Å². The number of amides is 10. The van der Waals surface area contributed by atoms with Gasteiger partial charge in [-0.1, -0.05) is 106 Å². The second kappa shape index (κ2) is 56.1. The highest BCUT2D eigenvalue weighted by Gasteiger charge is 2.34. The highest BCUT2D eigenvalue weighted by Crippen LogP contribution is 2.42. The minimum Gasteiger partial charge on any atom is -0.461 e. The molecule has 7 rings (SSSR count). The number of primary amides is 1. The number of unbranched alkanes of at least 4 members (excludes halogenated alkanes) is 1. The van der Waals surface area contributed by atoms with E-state index in [-0.39, 0.29) is 193 Å². The van der Waals surface area contributed by atoms with Crippen molar-refractivity contribution in [2.24, 2.45) is 17.6 Å². The lowest BCUT2D eigenvalue weighted by Gasteiger charge is -2.29. The fraction of sp³-hybridized carbons (Fsp3) is 0.619. The fourth-order valence-electron chi connectivity index (χ4n) is 13.2. The SMILES string of the molecule is CC(C)C(=O)OCc1ccc(NC(=O)[C@H](CCCNC(N)=O)NC(=O)[C@@H](NC(=O)[C@@H](CCCCNC(=O)COC2CCCCCc3nnn(CCOCCOCCOCCOCCC(=O)NCCS(=O)(=O)O)c32)NC(=O)CCOCCOCCOCCOCCNC(=O)CCC(=O)N2Cc3ccccc3-c3nnn(C(C)C)c3-c3ccccc32)C(C)C)cc1. The monoisotopic (exact) mass is 1760 g/mol. The Morgan fingerprint density at radius 3 is 1.77 bits per heavy atom. The van der Waals surface area contributed by atoms with Gasteiger partial charge in [0.25, 0.3) is 10.1 Å². The van der Waals surface area contributed by atoms with Crippen LogP contribution >= 0.6 is 0 Å². The van der Waals surface area contributed by atoms with Gasteiger partial charge in [0.05, 0.1) is 153 Å². The van der Waals surface area contributed by atoms with Crippen LogP contribution in [0.1, 0.15) is 160 Å². The first-order valence-corrected chi connectivity index (χ1v) is 44.2. The fourth-order valence-corrected chi connectivity index (χ4v) is 13.5. The molecule has 1 aliphatic carbocycles. The maximum absolute atomic E-state index is 14.4. The van der Waals surface area contributed by atoms with Crippen LogP contribution in [0.2, 0.25) is 0 Å². The molecule has 5 aromatic rings. The van der Waals surface area contributed by atoms with Crippen LogP contribution in [-0.4, -0.2) is 265 Å². The molecule has 0 saturated carbocycles. The summed E-state index contributed by atoms with van der Waals surface area (Å²) in [6.07, 6.45) is 4.51. The summed E-state index contributed by atoms with van der Waals surface area (Å²) in [5.41, 5.74) is 12.9. The van der Waals surface area contributed by atoms with Crippen molar-refractivity contribution in [2.45, 2.75) is 181 Å². The molecule has 686 valence electrons. The summed E-state index contributed by atoms with van der Waals surface area (Å²) in [4.78, 5) is 134. The van der Waals surface area contributed by atoms with Gasteiger partial charge in [-0.05, 0) is 100 Å². The van der Waals surface area contributed by atoms with Gasteiger partial charge in [0.15, 0.2) is 0 Å². The molecule has 0 spiro atoms. The van der Waals surface area contributed by atoms with Gasteiger partial charge >= 0.3 is 12.0 Å². The van der Waals surface area contributed by atoms with Crippen LogP contribution in [0, 0.1) is 11.8 Å². The van der Waals surface area contributed by atoms with Gasteiger partial charge in [0.1, 0.15) is 43.1 Å². The average molecular weight is 1760 g/mol.